The number of aryl methyl sites for hydroxylation is 2. The zero-order chi connectivity index (χ0) is 19.7. The lowest BCUT2D eigenvalue weighted by Gasteiger charge is -2.21. The Labute approximate surface area is 163 Å². The fourth-order valence-corrected chi connectivity index (χ4v) is 4.55. The summed E-state index contributed by atoms with van der Waals surface area (Å²) < 4.78 is 30.9. The van der Waals surface area contributed by atoms with E-state index in [0.29, 0.717) is 24.4 Å². The maximum absolute atomic E-state index is 13.1. The van der Waals surface area contributed by atoms with Gasteiger partial charge in [-0.15, -0.1) is 0 Å². The number of nitrogens with one attached hydrogen (secondary N) is 2. The Morgan fingerprint density at radius 1 is 1.14 bits per heavy atom. The zero-order valence-electron chi connectivity index (χ0n) is 15.3. The van der Waals surface area contributed by atoms with Crippen molar-refractivity contribution < 1.29 is 13.2 Å². The van der Waals surface area contributed by atoms with Crippen LogP contribution in [0.5, 0.6) is 0 Å². The van der Waals surface area contributed by atoms with Gasteiger partial charge in [0, 0.05) is 31.5 Å². The van der Waals surface area contributed by atoms with Gasteiger partial charge in [0.15, 0.2) is 0 Å². The summed E-state index contributed by atoms with van der Waals surface area (Å²) in [5, 5.41) is 2.77. The van der Waals surface area contributed by atoms with Crippen LogP contribution in [-0.4, -0.2) is 23.9 Å². The molecular formula is C20H20N4O3S. The molecule has 1 aliphatic heterocycles. The summed E-state index contributed by atoms with van der Waals surface area (Å²) in [6.45, 7) is 0. The van der Waals surface area contributed by atoms with Crippen molar-refractivity contribution in [3.63, 3.8) is 0 Å². The molecule has 144 valence electrons. The van der Waals surface area contributed by atoms with Crippen molar-refractivity contribution in [3.8, 4) is 0 Å². The average Bonchev–Trinajstić information content (AvgIpc) is 3.12. The highest BCUT2D eigenvalue weighted by molar-refractivity contribution is 7.89. The molecule has 1 atom stereocenters. The molecular weight excluding hydrogens is 376 g/mol. The third-order valence-electron chi connectivity index (χ3n) is 4.81. The van der Waals surface area contributed by atoms with Crippen LogP contribution in [0.15, 0.2) is 65.8 Å². The Kier molecular flexibility index (Phi) is 4.74. The summed E-state index contributed by atoms with van der Waals surface area (Å²) >= 11 is 0. The third kappa shape index (κ3) is 3.56. The summed E-state index contributed by atoms with van der Waals surface area (Å²) in [4.78, 5) is 16.0. The Hall–Kier alpha value is -2.97. The number of carbonyl (C=O) groups is 1. The molecule has 2 aromatic carbocycles. The second-order valence-electron chi connectivity index (χ2n) is 6.73. The first-order chi connectivity index (χ1) is 13.4. The summed E-state index contributed by atoms with van der Waals surface area (Å²) in [5.74, 6) is 0.542. The van der Waals surface area contributed by atoms with Gasteiger partial charge in [-0.2, -0.15) is 4.72 Å². The van der Waals surface area contributed by atoms with Gasteiger partial charge in [-0.05, 0) is 35.7 Å². The second kappa shape index (κ2) is 7.21. The minimum absolute atomic E-state index is 0.0554. The highest BCUT2D eigenvalue weighted by atomic mass is 32.2. The quantitative estimate of drug-likeness (QED) is 0.692. The number of carbonyl (C=O) groups excluding carboxylic acids is 1. The molecule has 7 nitrogen and oxygen atoms in total. The molecule has 3 aromatic rings. The molecule has 0 fully saturated rings. The number of amides is 1. The van der Waals surface area contributed by atoms with Gasteiger partial charge in [-0.25, -0.2) is 13.4 Å². The van der Waals surface area contributed by atoms with Gasteiger partial charge in [0.2, 0.25) is 15.9 Å². The van der Waals surface area contributed by atoms with E-state index in [2.05, 4.69) is 15.0 Å². The topological polar surface area (TPSA) is 93.1 Å². The van der Waals surface area contributed by atoms with Gasteiger partial charge in [0.1, 0.15) is 11.9 Å². The number of sulfonamides is 1. The van der Waals surface area contributed by atoms with Crippen LogP contribution in [0.25, 0.3) is 0 Å². The van der Waals surface area contributed by atoms with Gasteiger partial charge < -0.3 is 9.88 Å². The molecule has 0 unspecified atom stereocenters. The van der Waals surface area contributed by atoms with E-state index in [4.69, 9.17) is 0 Å². The predicted octanol–water partition coefficient (Wildman–Crippen LogP) is 2.37. The van der Waals surface area contributed by atoms with Crippen LogP contribution in [0.3, 0.4) is 0 Å². The van der Waals surface area contributed by atoms with E-state index >= 15 is 0 Å². The molecule has 28 heavy (non-hydrogen) atoms. The van der Waals surface area contributed by atoms with Gasteiger partial charge in [-0.1, -0.05) is 30.3 Å². The van der Waals surface area contributed by atoms with E-state index in [1.54, 1.807) is 29.1 Å². The second-order valence-corrected chi connectivity index (χ2v) is 8.44. The van der Waals surface area contributed by atoms with Crippen LogP contribution < -0.4 is 10.0 Å². The maximum Gasteiger partial charge on any atom is 0.241 e. The van der Waals surface area contributed by atoms with Crippen molar-refractivity contribution in [1.82, 2.24) is 14.3 Å². The van der Waals surface area contributed by atoms with Crippen LogP contribution in [0.4, 0.5) is 5.69 Å². The molecule has 0 saturated heterocycles. The molecule has 1 aliphatic rings. The van der Waals surface area contributed by atoms with Crippen LogP contribution in [0.2, 0.25) is 0 Å². The fourth-order valence-electron chi connectivity index (χ4n) is 3.32. The molecule has 2 heterocycles. The highest BCUT2D eigenvalue weighted by Crippen LogP contribution is 2.27. The van der Waals surface area contributed by atoms with Crippen molar-refractivity contribution >= 4 is 21.6 Å². The molecule has 4 rings (SSSR count). The molecule has 0 radical (unpaired) electrons. The van der Waals surface area contributed by atoms with Crippen LogP contribution >= 0.6 is 0 Å². The van der Waals surface area contributed by atoms with Crippen molar-refractivity contribution in [2.45, 2.75) is 23.8 Å². The van der Waals surface area contributed by atoms with Crippen LogP contribution in [0.1, 0.15) is 29.4 Å². The van der Waals surface area contributed by atoms with Crippen molar-refractivity contribution in [2.24, 2.45) is 7.05 Å². The molecule has 0 aliphatic carbocycles. The summed E-state index contributed by atoms with van der Waals surface area (Å²) in [6.07, 6.45) is 4.29. The van der Waals surface area contributed by atoms with Crippen molar-refractivity contribution in [3.05, 3.63) is 77.9 Å². The Morgan fingerprint density at radius 2 is 1.93 bits per heavy atom. The number of aromatic nitrogens is 2. The minimum atomic E-state index is -3.81. The first-order valence-electron chi connectivity index (χ1n) is 8.91. The molecule has 2 N–H and O–H groups in total. The van der Waals surface area contributed by atoms with Gasteiger partial charge in [0.05, 0.1) is 4.90 Å². The third-order valence-corrected chi connectivity index (χ3v) is 6.23. The minimum Gasteiger partial charge on any atom is -0.336 e. The fraction of sp³-hybridized carbons (Fsp3) is 0.200. The lowest BCUT2D eigenvalue weighted by molar-refractivity contribution is -0.116. The van der Waals surface area contributed by atoms with Gasteiger partial charge >= 0.3 is 0 Å². The highest BCUT2D eigenvalue weighted by Gasteiger charge is 2.27. The van der Waals surface area contributed by atoms with E-state index in [1.807, 2.05) is 37.4 Å². The van der Waals surface area contributed by atoms with E-state index < -0.39 is 16.1 Å². The molecule has 1 aromatic heterocycles. The first kappa shape index (κ1) is 18.4. The van der Waals surface area contributed by atoms with E-state index in [9.17, 15) is 13.2 Å². The maximum atomic E-state index is 13.1. The Balaban J connectivity index is 1.70. The molecule has 0 spiro atoms. The van der Waals surface area contributed by atoms with Crippen molar-refractivity contribution in [1.29, 1.82) is 0 Å². The lowest BCUT2D eigenvalue weighted by atomic mass is 10.0. The number of anilines is 1. The number of imidazole rings is 1. The van der Waals surface area contributed by atoms with E-state index in [-0.39, 0.29) is 10.8 Å². The Bertz CT molecular complexity index is 1120. The SMILES string of the molecule is Cn1ccnc1[C@@H](NS(=O)(=O)c1ccc2c(c1)CCC(=O)N2)c1ccccc1. The predicted molar refractivity (Wildman–Crippen MR) is 105 cm³/mol. The number of hydrogen-bond donors (Lipinski definition) is 2. The van der Waals surface area contributed by atoms with Gasteiger partial charge in [-0.3, -0.25) is 4.79 Å². The smallest absolute Gasteiger partial charge is 0.241 e. The van der Waals surface area contributed by atoms with E-state index in [1.165, 1.54) is 6.07 Å². The standard InChI is InChI=1S/C20H20N4O3S/c1-24-12-11-21-20(24)19(14-5-3-2-4-6-14)23-28(26,27)16-8-9-17-15(13-16)7-10-18(25)22-17/h2-6,8-9,11-13,19,23H,7,10H2,1H3,(H,22,25)/t19-/m0/s1. The summed E-state index contributed by atoms with van der Waals surface area (Å²) in [7, 11) is -1.99. The van der Waals surface area contributed by atoms with Crippen molar-refractivity contribution in [2.75, 3.05) is 5.32 Å². The number of rotatable bonds is 5. The summed E-state index contributed by atoms with van der Waals surface area (Å²) in [6, 6.07) is 13.5. The lowest BCUT2D eigenvalue weighted by Crippen LogP contribution is -2.31. The number of hydrogen-bond acceptors (Lipinski definition) is 4. The Morgan fingerprint density at radius 3 is 2.64 bits per heavy atom. The zero-order valence-corrected chi connectivity index (χ0v) is 16.1. The van der Waals surface area contributed by atoms with E-state index in [0.717, 1.165) is 11.1 Å². The molecule has 8 heteroatoms. The van der Waals surface area contributed by atoms with Crippen LogP contribution in [0, 0.1) is 0 Å². The molecule has 0 saturated carbocycles. The van der Waals surface area contributed by atoms with Crippen LogP contribution in [-0.2, 0) is 28.3 Å². The molecule has 0 bridgehead atoms. The molecule has 1 amide bonds. The number of benzene rings is 2. The normalized spacial score (nSPS) is 15.0. The average molecular weight is 396 g/mol. The number of nitrogens with zero attached hydrogens (tertiary/aromatic N) is 2. The monoisotopic (exact) mass is 396 g/mol. The van der Waals surface area contributed by atoms with Gasteiger partial charge in [0.25, 0.3) is 0 Å². The largest absolute Gasteiger partial charge is 0.336 e. The number of fused-ring (bicyclic) bond motifs is 1. The first-order valence-corrected chi connectivity index (χ1v) is 10.4. The summed E-state index contributed by atoms with van der Waals surface area (Å²) in [5.41, 5.74) is 2.28.